The largest absolute Gasteiger partial charge is 0.359 e. The first-order valence-electron chi connectivity index (χ1n) is 3.18. The Morgan fingerprint density at radius 2 is 2.20 bits per heavy atom. The predicted octanol–water partition coefficient (Wildman–Crippen LogP) is 0.215. The van der Waals surface area contributed by atoms with E-state index in [9.17, 15) is 0 Å². The highest BCUT2D eigenvalue weighted by Gasteiger charge is 2.36. The molecule has 2 N–H and O–H groups in total. The van der Waals surface area contributed by atoms with Crippen LogP contribution < -0.4 is 10.6 Å². The third-order valence-corrected chi connectivity index (χ3v) is 1.81. The van der Waals surface area contributed by atoms with Gasteiger partial charge in [-0.1, -0.05) is 0 Å². The van der Waals surface area contributed by atoms with Crippen molar-refractivity contribution in [2.45, 2.75) is 25.6 Å². The molecule has 0 aromatic heterocycles. The monoisotopic (exact) mass is 160 g/mol. The average Bonchev–Trinajstić information content (AvgIpc) is 2.04. The minimum absolute atomic E-state index is 0.0139. The lowest BCUT2D eigenvalue weighted by Crippen LogP contribution is -2.44. The second-order valence-corrected chi connectivity index (χ2v) is 3.34. The van der Waals surface area contributed by atoms with Gasteiger partial charge in [0, 0.05) is 7.11 Å². The summed E-state index contributed by atoms with van der Waals surface area (Å²) in [6.45, 7) is 4.07. The Kier molecular flexibility index (Phi) is 1.83. The number of ether oxygens (including phenoxy) is 1. The van der Waals surface area contributed by atoms with E-state index in [0.29, 0.717) is 5.11 Å². The smallest absolute Gasteiger partial charge is 0.168 e. The molecule has 1 rings (SSSR count). The van der Waals surface area contributed by atoms with Gasteiger partial charge >= 0.3 is 0 Å². The number of hydrogen-bond donors (Lipinski definition) is 2. The van der Waals surface area contributed by atoms with Gasteiger partial charge in [-0.3, -0.25) is 0 Å². The minimum atomic E-state index is -0.0914. The van der Waals surface area contributed by atoms with Crippen molar-refractivity contribution < 1.29 is 4.74 Å². The van der Waals surface area contributed by atoms with Gasteiger partial charge in [0.2, 0.25) is 0 Å². The van der Waals surface area contributed by atoms with Crippen LogP contribution in [0.1, 0.15) is 13.8 Å². The summed E-state index contributed by atoms with van der Waals surface area (Å²) in [4.78, 5) is 0. The van der Waals surface area contributed by atoms with Gasteiger partial charge in [0.05, 0.1) is 5.54 Å². The van der Waals surface area contributed by atoms with Gasteiger partial charge in [0.1, 0.15) is 0 Å². The molecule has 1 aliphatic rings. The Morgan fingerprint density at radius 1 is 1.60 bits per heavy atom. The molecule has 1 saturated heterocycles. The summed E-state index contributed by atoms with van der Waals surface area (Å²) in [5.41, 5.74) is -0.0914. The van der Waals surface area contributed by atoms with Gasteiger partial charge in [0.15, 0.2) is 11.3 Å². The molecular formula is C6H12N2OS. The van der Waals surface area contributed by atoms with Gasteiger partial charge in [-0.2, -0.15) is 0 Å². The van der Waals surface area contributed by atoms with E-state index >= 15 is 0 Å². The van der Waals surface area contributed by atoms with Crippen LogP contribution in [0.3, 0.4) is 0 Å². The maximum atomic E-state index is 5.14. The normalized spacial score (nSPS) is 29.5. The molecule has 1 unspecified atom stereocenters. The van der Waals surface area contributed by atoms with E-state index in [1.54, 1.807) is 7.11 Å². The van der Waals surface area contributed by atoms with Crippen LogP contribution in [0.25, 0.3) is 0 Å². The minimum Gasteiger partial charge on any atom is -0.359 e. The van der Waals surface area contributed by atoms with Crippen LogP contribution in [0.15, 0.2) is 0 Å². The van der Waals surface area contributed by atoms with E-state index < -0.39 is 0 Å². The molecule has 0 amide bonds. The quantitative estimate of drug-likeness (QED) is 0.537. The molecule has 3 nitrogen and oxygen atoms in total. The van der Waals surface area contributed by atoms with Gasteiger partial charge in [-0.05, 0) is 26.1 Å². The molecule has 1 fully saturated rings. The summed E-state index contributed by atoms with van der Waals surface area (Å²) in [7, 11) is 1.66. The first kappa shape index (κ1) is 7.75. The van der Waals surface area contributed by atoms with Gasteiger partial charge in [-0.15, -0.1) is 0 Å². The number of hydrogen-bond acceptors (Lipinski definition) is 2. The zero-order valence-corrected chi connectivity index (χ0v) is 7.21. The maximum absolute atomic E-state index is 5.14. The van der Waals surface area contributed by atoms with Crippen LogP contribution in [0.4, 0.5) is 0 Å². The summed E-state index contributed by atoms with van der Waals surface area (Å²) in [6.07, 6.45) is -0.0139. The molecule has 0 saturated carbocycles. The molecule has 10 heavy (non-hydrogen) atoms. The van der Waals surface area contributed by atoms with Gasteiger partial charge < -0.3 is 15.4 Å². The van der Waals surface area contributed by atoms with Crippen LogP contribution in [-0.2, 0) is 4.74 Å². The van der Waals surface area contributed by atoms with Crippen molar-refractivity contribution in [3.05, 3.63) is 0 Å². The lowest BCUT2D eigenvalue weighted by Gasteiger charge is -2.23. The van der Waals surface area contributed by atoms with Gasteiger partial charge in [-0.25, -0.2) is 0 Å². The van der Waals surface area contributed by atoms with E-state index in [-0.39, 0.29) is 11.8 Å². The van der Waals surface area contributed by atoms with Crippen molar-refractivity contribution in [1.29, 1.82) is 0 Å². The van der Waals surface area contributed by atoms with Crippen molar-refractivity contribution in [1.82, 2.24) is 10.6 Å². The van der Waals surface area contributed by atoms with Crippen LogP contribution >= 0.6 is 12.2 Å². The van der Waals surface area contributed by atoms with Crippen LogP contribution in [0, 0.1) is 0 Å². The molecule has 1 heterocycles. The van der Waals surface area contributed by atoms with Crippen LogP contribution in [0.5, 0.6) is 0 Å². The fraction of sp³-hybridized carbons (Fsp3) is 0.833. The summed E-state index contributed by atoms with van der Waals surface area (Å²) in [5.74, 6) is 0. The van der Waals surface area contributed by atoms with E-state index in [2.05, 4.69) is 10.6 Å². The average molecular weight is 160 g/mol. The third-order valence-electron chi connectivity index (χ3n) is 1.59. The summed E-state index contributed by atoms with van der Waals surface area (Å²) < 4.78 is 5.14. The summed E-state index contributed by atoms with van der Waals surface area (Å²) in [5, 5.41) is 6.75. The fourth-order valence-corrected chi connectivity index (χ4v) is 1.42. The Bertz CT molecular complexity index is 158. The van der Waals surface area contributed by atoms with E-state index in [1.165, 1.54) is 0 Å². The fourth-order valence-electron chi connectivity index (χ4n) is 1.05. The molecule has 0 bridgehead atoms. The lowest BCUT2D eigenvalue weighted by atomic mass is 10.1. The standard InChI is InChI=1S/C6H12N2OS/c1-6(2)4(9-3)7-5(10)8-6/h4H,1-3H3,(H2,7,8,10). The topological polar surface area (TPSA) is 33.3 Å². The molecule has 0 aromatic rings. The van der Waals surface area contributed by atoms with Crippen molar-refractivity contribution in [2.24, 2.45) is 0 Å². The molecule has 58 valence electrons. The highest BCUT2D eigenvalue weighted by molar-refractivity contribution is 7.80. The number of methoxy groups -OCH3 is 1. The molecule has 0 radical (unpaired) electrons. The Balaban J connectivity index is 2.67. The number of thiocarbonyl (C=S) groups is 1. The Morgan fingerprint density at radius 3 is 2.40 bits per heavy atom. The Hall–Kier alpha value is -0.350. The maximum Gasteiger partial charge on any atom is 0.168 e. The predicted molar refractivity (Wildman–Crippen MR) is 43.7 cm³/mol. The third kappa shape index (κ3) is 1.22. The highest BCUT2D eigenvalue weighted by Crippen LogP contribution is 2.14. The lowest BCUT2D eigenvalue weighted by molar-refractivity contribution is 0.0474. The van der Waals surface area contributed by atoms with Gasteiger partial charge in [0.25, 0.3) is 0 Å². The summed E-state index contributed by atoms with van der Waals surface area (Å²) in [6, 6.07) is 0. The molecule has 1 aliphatic heterocycles. The molecule has 0 aromatic carbocycles. The van der Waals surface area contributed by atoms with Crippen molar-refractivity contribution in [3.63, 3.8) is 0 Å². The molecular weight excluding hydrogens is 148 g/mol. The van der Waals surface area contributed by atoms with E-state index in [0.717, 1.165) is 0 Å². The number of nitrogens with one attached hydrogen (secondary N) is 2. The zero-order valence-electron chi connectivity index (χ0n) is 6.39. The van der Waals surface area contributed by atoms with Crippen molar-refractivity contribution in [3.8, 4) is 0 Å². The molecule has 1 atom stereocenters. The SMILES string of the molecule is COC1NC(=S)NC1(C)C. The van der Waals surface area contributed by atoms with Crippen LogP contribution in [-0.4, -0.2) is 24.0 Å². The van der Waals surface area contributed by atoms with Crippen molar-refractivity contribution in [2.75, 3.05) is 7.11 Å². The first-order chi connectivity index (χ1) is 4.56. The Labute approximate surface area is 66.1 Å². The van der Waals surface area contributed by atoms with Crippen LogP contribution in [0.2, 0.25) is 0 Å². The zero-order chi connectivity index (χ0) is 7.78. The second-order valence-electron chi connectivity index (χ2n) is 2.94. The molecule has 4 heteroatoms. The van der Waals surface area contributed by atoms with Crippen molar-refractivity contribution >= 4 is 17.3 Å². The van der Waals surface area contributed by atoms with E-state index in [4.69, 9.17) is 17.0 Å². The first-order valence-corrected chi connectivity index (χ1v) is 3.58. The summed E-state index contributed by atoms with van der Waals surface area (Å²) >= 11 is 4.91. The highest BCUT2D eigenvalue weighted by atomic mass is 32.1. The second kappa shape index (κ2) is 2.36. The number of rotatable bonds is 1. The van der Waals surface area contributed by atoms with E-state index in [1.807, 2.05) is 13.8 Å². The molecule has 0 spiro atoms. The molecule has 0 aliphatic carbocycles.